The van der Waals surface area contributed by atoms with Crippen LogP contribution in [0.5, 0.6) is 0 Å². The van der Waals surface area contributed by atoms with Gasteiger partial charge in [0.1, 0.15) is 5.82 Å². The van der Waals surface area contributed by atoms with Crippen molar-refractivity contribution in [3.63, 3.8) is 0 Å². The van der Waals surface area contributed by atoms with Crippen molar-refractivity contribution in [1.82, 2.24) is 15.2 Å². The molecule has 0 saturated carbocycles. The van der Waals surface area contributed by atoms with Crippen LogP contribution in [-0.4, -0.2) is 47.1 Å². The van der Waals surface area contributed by atoms with Crippen molar-refractivity contribution in [1.29, 1.82) is 0 Å². The molecule has 146 valence electrons. The summed E-state index contributed by atoms with van der Waals surface area (Å²) in [4.78, 5) is 19.1. The fraction of sp³-hybridized carbons (Fsp3) is 0.455. The third-order valence-corrected chi connectivity index (χ3v) is 6.59. The average molecular weight is 381 g/mol. The number of amides is 1. The van der Waals surface area contributed by atoms with Crippen LogP contribution in [-0.2, 0) is 11.3 Å². The molecule has 2 aromatic rings. The first kappa shape index (κ1) is 17.8. The van der Waals surface area contributed by atoms with E-state index in [4.69, 9.17) is 4.74 Å². The van der Waals surface area contributed by atoms with Crippen molar-refractivity contribution in [2.75, 3.05) is 19.6 Å². The summed E-state index contributed by atoms with van der Waals surface area (Å²) in [6.45, 7) is 3.43. The number of benzene rings is 1. The molecule has 4 heterocycles. The summed E-state index contributed by atoms with van der Waals surface area (Å²) in [5.74, 6) is 0.287. The van der Waals surface area contributed by atoms with Gasteiger partial charge in [0.2, 0.25) is 0 Å². The number of carbonyl (C=O) groups is 1. The van der Waals surface area contributed by atoms with Crippen molar-refractivity contribution in [3.05, 3.63) is 65.7 Å². The Bertz CT molecular complexity index is 860. The first-order valence-electron chi connectivity index (χ1n) is 9.96. The van der Waals surface area contributed by atoms with E-state index >= 15 is 0 Å². The number of halogens is 1. The van der Waals surface area contributed by atoms with E-state index in [-0.39, 0.29) is 23.4 Å². The molecule has 3 aliphatic heterocycles. The second-order valence-corrected chi connectivity index (χ2v) is 8.28. The highest BCUT2D eigenvalue weighted by molar-refractivity contribution is 5.94. The molecule has 0 unspecified atom stereocenters. The van der Waals surface area contributed by atoms with E-state index in [1.165, 1.54) is 29.8 Å². The zero-order chi connectivity index (χ0) is 19.1. The molecule has 1 amide bonds. The lowest BCUT2D eigenvalue weighted by molar-refractivity contribution is 0.00211. The normalized spacial score (nSPS) is 31.1. The van der Waals surface area contributed by atoms with Gasteiger partial charge in [0, 0.05) is 56.0 Å². The molecule has 1 aromatic carbocycles. The fourth-order valence-corrected chi connectivity index (χ4v) is 5.34. The molecule has 3 saturated heterocycles. The zero-order valence-corrected chi connectivity index (χ0v) is 15.7. The molecule has 0 radical (unpaired) electrons. The number of aromatic nitrogens is 1. The molecule has 0 aliphatic carbocycles. The third kappa shape index (κ3) is 3.10. The lowest BCUT2D eigenvalue weighted by atomic mass is 9.73. The predicted octanol–water partition coefficient (Wildman–Crippen LogP) is 2.63. The number of fused-ring (bicyclic) bond motifs is 1. The topological polar surface area (TPSA) is 54.5 Å². The second kappa shape index (κ2) is 6.94. The molecule has 1 aromatic heterocycles. The van der Waals surface area contributed by atoms with Crippen LogP contribution in [0.1, 0.15) is 28.8 Å². The summed E-state index contributed by atoms with van der Waals surface area (Å²) in [5.41, 5.74) is 1.65. The molecule has 1 N–H and O–H groups in total. The second-order valence-electron chi connectivity index (χ2n) is 8.28. The lowest BCUT2D eigenvalue weighted by Gasteiger charge is -2.29. The molecule has 5 nitrogen and oxygen atoms in total. The van der Waals surface area contributed by atoms with E-state index in [2.05, 4.69) is 21.3 Å². The molecule has 1 spiro atoms. The van der Waals surface area contributed by atoms with E-state index in [9.17, 15) is 9.18 Å². The quantitative estimate of drug-likeness (QED) is 0.865. The summed E-state index contributed by atoms with van der Waals surface area (Å²) in [7, 11) is 0. The van der Waals surface area contributed by atoms with Gasteiger partial charge in [-0.3, -0.25) is 14.7 Å². The van der Waals surface area contributed by atoms with Gasteiger partial charge in [0.15, 0.2) is 0 Å². The Hall–Kier alpha value is -2.31. The molecule has 5 rings (SSSR count). The standard InChI is InChI=1S/C22H24FN3O2/c23-17-5-3-16(4-6-17)21(27)25-11-18-19-13-26(12-15-2-1-9-24-10-15)14-22(19)8-7-20(18)28-22/h1-6,9-10,18-20H,7-8,11-14H2,(H,25,27)/t18-,19+,20+,22+/m0/s1. The number of nitrogens with one attached hydrogen (secondary N) is 1. The van der Waals surface area contributed by atoms with Crippen LogP contribution in [0, 0.1) is 17.7 Å². The highest BCUT2D eigenvalue weighted by Crippen LogP contribution is 2.54. The molecule has 28 heavy (non-hydrogen) atoms. The minimum Gasteiger partial charge on any atom is -0.370 e. The fourth-order valence-electron chi connectivity index (χ4n) is 5.34. The number of hydrogen-bond donors (Lipinski definition) is 1. The van der Waals surface area contributed by atoms with Crippen LogP contribution in [0.2, 0.25) is 0 Å². The van der Waals surface area contributed by atoms with Crippen LogP contribution in [0.25, 0.3) is 0 Å². The largest absolute Gasteiger partial charge is 0.370 e. The Morgan fingerprint density at radius 1 is 1.32 bits per heavy atom. The van der Waals surface area contributed by atoms with E-state index in [0.29, 0.717) is 23.9 Å². The number of hydrogen-bond acceptors (Lipinski definition) is 4. The molecular weight excluding hydrogens is 357 g/mol. The van der Waals surface area contributed by atoms with Crippen LogP contribution >= 0.6 is 0 Å². The summed E-state index contributed by atoms with van der Waals surface area (Å²) in [6.07, 6.45) is 6.12. The van der Waals surface area contributed by atoms with Gasteiger partial charge in [0.25, 0.3) is 5.91 Å². The van der Waals surface area contributed by atoms with Gasteiger partial charge in [-0.2, -0.15) is 0 Å². The summed E-state index contributed by atoms with van der Waals surface area (Å²) < 4.78 is 19.5. The van der Waals surface area contributed by atoms with Gasteiger partial charge in [-0.25, -0.2) is 4.39 Å². The van der Waals surface area contributed by atoms with Crippen LogP contribution in [0.3, 0.4) is 0 Å². The van der Waals surface area contributed by atoms with Crippen LogP contribution in [0.15, 0.2) is 48.8 Å². The van der Waals surface area contributed by atoms with Gasteiger partial charge in [0.05, 0.1) is 11.7 Å². The van der Waals surface area contributed by atoms with Crippen molar-refractivity contribution < 1.29 is 13.9 Å². The maximum absolute atomic E-state index is 13.1. The zero-order valence-electron chi connectivity index (χ0n) is 15.7. The molecule has 4 atom stereocenters. The van der Waals surface area contributed by atoms with Gasteiger partial charge < -0.3 is 10.1 Å². The van der Waals surface area contributed by atoms with Gasteiger partial charge in [-0.1, -0.05) is 6.07 Å². The minimum atomic E-state index is -0.334. The minimum absolute atomic E-state index is 0.0574. The Balaban J connectivity index is 1.24. The first-order chi connectivity index (χ1) is 13.6. The molecule has 3 aliphatic rings. The van der Waals surface area contributed by atoms with Crippen molar-refractivity contribution >= 4 is 5.91 Å². The number of carbonyl (C=O) groups excluding carboxylic acids is 1. The predicted molar refractivity (Wildman–Crippen MR) is 102 cm³/mol. The Kier molecular flexibility index (Phi) is 4.40. The number of likely N-dealkylation sites (tertiary alicyclic amines) is 1. The monoisotopic (exact) mass is 381 g/mol. The number of pyridine rings is 1. The molecule has 6 heteroatoms. The Morgan fingerprint density at radius 2 is 2.18 bits per heavy atom. The lowest BCUT2D eigenvalue weighted by Crippen LogP contribution is -2.41. The van der Waals surface area contributed by atoms with Crippen molar-refractivity contribution in [2.45, 2.75) is 31.1 Å². The maximum Gasteiger partial charge on any atom is 0.251 e. The molecular formula is C22H24FN3O2. The Morgan fingerprint density at radius 3 is 2.96 bits per heavy atom. The van der Waals surface area contributed by atoms with E-state index in [1.54, 1.807) is 6.20 Å². The third-order valence-electron chi connectivity index (χ3n) is 6.59. The van der Waals surface area contributed by atoms with Gasteiger partial charge in [-0.15, -0.1) is 0 Å². The summed E-state index contributed by atoms with van der Waals surface area (Å²) >= 11 is 0. The SMILES string of the molecule is O=C(NC[C@H]1[C@H]2CN(Cc3cccnc3)C[C@]23CC[C@H]1O3)c1ccc(F)cc1. The van der Waals surface area contributed by atoms with E-state index in [0.717, 1.165) is 32.5 Å². The highest BCUT2D eigenvalue weighted by Gasteiger charge is 2.62. The highest BCUT2D eigenvalue weighted by atomic mass is 19.1. The number of nitrogens with zero attached hydrogens (tertiary/aromatic N) is 2. The maximum atomic E-state index is 13.1. The van der Waals surface area contributed by atoms with Crippen molar-refractivity contribution in [3.8, 4) is 0 Å². The average Bonchev–Trinajstić information content (AvgIpc) is 3.35. The molecule has 3 fully saturated rings. The van der Waals surface area contributed by atoms with Crippen LogP contribution in [0.4, 0.5) is 4.39 Å². The molecule has 2 bridgehead atoms. The number of rotatable bonds is 5. The number of ether oxygens (including phenoxy) is 1. The Labute approximate surface area is 163 Å². The van der Waals surface area contributed by atoms with Gasteiger partial charge in [-0.05, 0) is 48.7 Å². The van der Waals surface area contributed by atoms with Gasteiger partial charge >= 0.3 is 0 Å². The van der Waals surface area contributed by atoms with Crippen LogP contribution < -0.4 is 5.32 Å². The van der Waals surface area contributed by atoms with E-state index in [1.807, 2.05) is 12.3 Å². The summed E-state index contributed by atoms with van der Waals surface area (Å²) in [5, 5.41) is 3.05. The smallest absolute Gasteiger partial charge is 0.251 e. The summed E-state index contributed by atoms with van der Waals surface area (Å²) in [6, 6.07) is 9.76. The van der Waals surface area contributed by atoms with Crippen molar-refractivity contribution in [2.24, 2.45) is 11.8 Å². The van der Waals surface area contributed by atoms with E-state index < -0.39 is 0 Å². The first-order valence-corrected chi connectivity index (χ1v) is 9.96.